The molecule has 1 heterocycles. The molecular weight excluding hydrogens is 282 g/mol. The number of pyridine rings is 1. The van der Waals surface area contributed by atoms with Crippen LogP contribution in [-0.2, 0) is 18.5 Å². The van der Waals surface area contributed by atoms with Gasteiger partial charge in [0.1, 0.15) is 11.5 Å². The van der Waals surface area contributed by atoms with Crippen LogP contribution in [0, 0.1) is 0 Å². The Balaban J connectivity index is 2.48. The summed E-state index contributed by atoms with van der Waals surface area (Å²) in [6.45, 7) is 1.43. The molecule has 18 heavy (non-hydrogen) atoms. The summed E-state index contributed by atoms with van der Waals surface area (Å²) in [5.41, 5.74) is 0. The summed E-state index contributed by atoms with van der Waals surface area (Å²) in [5, 5.41) is 0. The number of aromatic nitrogens is 1. The van der Waals surface area contributed by atoms with Gasteiger partial charge in [0.15, 0.2) is 0 Å². The zero-order valence-corrected chi connectivity index (χ0v) is 11.4. The monoisotopic (exact) mass is 295 g/mol. The van der Waals surface area contributed by atoms with Crippen LogP contribution in [0.4, 0.5) is 0 Å². The Morgan fingerprint density at radius 1 is 1.28 bits per heavy atom. The van der Waals surface area contributed by atoms with Gasteiger partial charge in [-0.15, -0.1) is 0 Å². The first-order valence-corrected chi connectivity index (χ1v) is 7.46. The van der Waals surface area contributed by atoms with E-state index in [0.29, 0.717) is 19.8 Å². The largest absolute Gasteiger partial charge is 0.474 e. The standard InChI is InChI=1S/C10H14ClNO5S/c1-15-5-6-16-7-8-17-10-9(18(11,13)14)3-2-4-12-10/h2-4H,5-8H2,1H3. The van der Waals surface area contributed by atoms with E-state index in [0.717, 1.165) is 0 Å². The van der Waals surface area contributed by atoms with Gasteiger partial charge in [-0.05, 0) is 12.1 Å². The Morgan fingerprint density at radius 2 is 2.00 bits per heavy atom. The van der Waals surface area contributed by atoms with Gasteiger partial charge in [0.25, 0.3) is 9.05 Å². The number of ether oxygens (including phenoxy) is 3. The average Bonchev–Trinajstić information content (AvgIpc) is 2.33. The van der Waals surface area contributed by atoms with Crippen molar-refractivity contribution in [2.45, 2.75) is 4.90 Å². The van der Waals surface area contributed by atoms with Gasteiger partial charge in [0, 0.05) is 24.0 Å². The minimum Gasteiger partial charge on any atom is -0.474 e. The molecule has 0 unspecified atom stereocenters. The van der Waals surface area contributed by atoms with E-state index in [9.17, 15) is 8.42 Å². The highest BCUT2D eigenvalue weighted by Crippen LogP contribution is 2.23. The van der Waals surface area contributed by atoms with Gasteiger partial charge >= 0.3 is 0 Å². The second-order valence-corrected chi connectivity index (χ2v) is 5.73. The van der Waals surface area contributed by atoms with Crippen LogP contribution < -0.4 is 4.74 Å². The first-order chi connectivity index (χ1) is 8.55. The van der Waals surface area contributed by atoms with Crippen molar-refractivity contribution in [2.75, 3.05) is 33.5 Å². The highest BCUT2D eigenvalue weighted by molar-refractivity contribution is 8.13. The first-order valence-electron chi connectivity index (χ1n) is 5.15. The summed E-state index contributed by atoms with van der Waals surface area (Å²) >= 11 is 0. The van der Waals surface area contributed by atoms with E-state index in [1.165, 1.54) is 18.3 Å². The van der Waals surface area contributed by atoms with Gasteiger partial charge in [-0.3, -0.25) is 0 Å². The second-order valence-electron chi connectivity index (χ2n) is 3.20. The van der Waals surface area contributed by atoms with E-state index in [-0.39, 0.29) is 17.4 Å². The predicted octanol–water partition coefficient (Wildman–Crippen LogP) is 1.05. The number of hydrogen-bond acceptors (Lipinski definition) is 6. The Bertz CT molecular complexity index is 465. The summed E-state index contributed by atoms with van der Waals surface area (Å²) in [4.78, 5) is 3.66. The lowest BCUT2D eigenvalue weighted by molar-refractivity contribution is 0.0531. The molecule has 0 spiro atoms. The fourth-order valence-corrected chi connectivity index (χ4v) is 2.03. The molecule has 0 aliphatic carbocycles. The second kappa shape index (κ2) is 7.52. The minimum absolute atomic E-state index is 0.0251. The lowest BCUT2D eigenvalue weighted by Crippen LogP contribution is -2.11. The third-order valence-electron chi connectivity index (χ3n) is 1.90. The first kappa shape index (κ1) is 15.2. The summed E-state index contributed by atoms with van der Waals surface area (Å²) in [6, 6.07) is 2.80. The van der Waals surface area contributed by atoms with E-state index in [1.54, 1.807) is 7.11 Å². The molecule has 0 aromatic carbocycles. The van der Waals surface area contributed by atoms with Gasteiger partial charge in [-0.25, -0.2) is 13.4 Å². The highest BCUT2D eigenvalue weighted by atomic mass is 35.7. The van der Waals surface area contributed by atoms with Crippen molar-refractivity contribution in [1.29, 1.82) is 0 Å². The number of nitrogens with zero attached hydrogens (tertiary/aromatic N) is 1. The van der Waals surface area contributed by atoms with Crippen molar-refractivity contribution in [3.05, 3.63) is 18.3 Å². The van der Waals surface area contributed by atoms with Crippen molar-refractivity contribution in [3.8, 4) is 5.88 Å². The SMILES string of the molecule is COCCOCCOc1ncccc1S(=O)(=O)Cl. The lowest BCUT2D eigenvalue weighted by Gasteiger charge is -2.08. The summed E-state index contributed by atoms with van der Waals surface area (Å²) in [5.74, 6) is -0.0251. The van der Waals surface area contributed by atoms with Crippen molar-refractivity contribution in [1.82, 2.24) is 4.98 Å². The maximum absolute atomic E-state index is 11.2. The summed E-state index contributed by atoms with van der Waals surface area (Å²) < 4.78 is 37.6. The minimum atomic E-state index is -3.86. The third kappa shape index (κ3) is 5.18. The summed E-state index contributed by atoms with van der Waals surface area (Å²) in [7, 11) is 2.96. The fourth-order valence-electron chi connectivity index (χ4n) is 1.11. The van der Waals surface area contributed by atoms with Crippen molar-refractivity contribution < 1.29 is 22.6 Å². The quantitative estimate of drug-likeness (QED) is 0.527. The highest BCUT2D eigenvalue weighted by Gasteiger charge is 2.17. The topological polar surface area (TPSA) is 74.7 Å². The molecule has 102 valence electrons. The van der Waals surface area contributed by atoms with Crippen LogP contribution in [-0.4, -0.2) is 46.9 Å². The molecule has 6 nitrogen and oxygen atoms in total. The van der Waals surface area contributed by atoms with E-state index < -0.39 is 9.05 Å². The van der Waals surface area contributed by atoms with Crippen LogP contribution in [0.15, 0.2) is 23.2 Å². The zero-order chi connectivity index (χ0) is 13.4. The molecule has 0 atom stereocenters. The third-order valence-corrected chi connectivity index (χ3v) is 3.23. The molecule has 0 bridgehead atoms. The molecule has 8 heteroatoms. The molecule has 1 aromatic heterocycles. The molecule has 0 aliphatic heterocycles. The molecule has 1 rings (SSSR count). The van der Waals surface area contributed by atoms with Gasteiger partial charge in [0.05, 0.1) is 19.8 Å². The number of methoxy groups -OCH3 is 1. The van der Waals surface area contributed by atoms with Gasteiger partial charge in [0.2, 0.25) is 5.88 Å². The van der Waals surface area contributed by atoms with E-state index >= 15 is 0 Å². The molecular formula is C10H14ClNO5S. The fraction of sp³-hybridized carbons (Fsp3) is 0.500. The molecule has 0 amide bonds. The molecule has 0 saturated carbocycles. The molecule has 1 aromatic rings. The van der Waals surface area contributed by atoms with Crippen LogP contribution in [0.3, 0.4) is 0 Å². The van der Waals surface area contributed by atoms with E-state index in [1.807, 2.05) is 0 Å². The normalized spacial score (nSPS) is 11.4. The van der Waals surface area contributed by atoms with Crippen molar-refractivity contribution >= 4 is 19.7 Å². The molecule has 0 radical (unpaired) electrons. The van der Waals surface area contributed by atoms with Crippen LogP contribution in [0.5, 0.6) is 5.88 Å². The van der Waals surface area contributed by atoms with Crippen molar-refractivity contribution in [3.63, 3.8) is 0 Å². The van der Waals surface area contributed by atoms with Crippen LogP contribution in [0.2, 0.25) is 0 Å². The predicted molar refractivity (Wildman–Crippen MR) is 65.5 cm³/mol. The maximum Gasteiger partial charge on any atom is 0.266 e. The van der Waals surface area contributed by atoms with E-state index in [4.69, 9.17) is 24.9 Å². The molecule has 0 saturated heterocycles. The van der Waals surface area contributed by atoms with Crippen LogP contribution in [0.1, 0.15) is 0 Å². The Morgan fingerprint density at radius 3 is 2.67 bits per heavy atom. The van der Waals surface area contributed by atoms with Crippen LogP contribution in [0.25, 0.3) is 0 Å². The van der Waals surface area contributed by atoms with Crippen molar-refractivity contribution in [2.24, 2.45) is 0 Å². The van der Waals surface area contributed by atoms with Gasteiger partial charge < -0.3 is 14.2 Å². The molecule has 0 fully saturated rings. The van der Waals surface area contributed by atoms with Crippen LogP contribution >= 0.6 is 10.7 Å². The zero-order valence-electron chi connectivity index (χ0n) is 9.84. The Hall–Kier alpha value is -0.890. The lowest BCUT2D eigenvalue weighted by atomic mass is 10.5. The Kier molecular flexibility index (Phi) is 6.34. The number of rotatable bonds is 8. The summed E-state index contributed by atoms with van der Waals surface area (Å²) in [6.07, 6.45) is 1.42. The number of hydrogen-bond donors (Lipinski definition) is 0. The van der Waals surface area contributed by atoms with E-state index in [2.05, 4.69) is 4.98 Å². The average molecular weight is 296 g/mol. The smallest absolute Gasteiger partial charge is 0.266 e. The maximum atomic E-state index is 11.2. The van der Waals surface area contributed by atoms with Gasteiger partial charge in [-0.1, -0.05) is 0 Å². The Labute approximate surface area is 110 Å². The molecule has 0 aliphatic rings. The number of halogens is 1. The molecule has 0 N–H and O–H groups in total. The van der Waals surface area contributed by atoms with Gasteiger partial charge in [-0.2, -0.15) is 0 Å².